The van der Waals surface area contributed by atoms with Crippen LogP contribution in [-0.2, 0) is 13.2 Å². The molecule has 8 nitrogen and oxygen atoms in total. The summed E-state index contributed by atoms with van der Waals surface area (Å²) >= 11 is 5.96. The topological polar surface area (TPSA) is 91.4 Å². The van der Waals surface area contributed by atoms with Crippen molar-refractivity contribution >= 4 is 17.5 Å². The predicted molar refractivity (Wildman–Crippen MR) is 112 cm³/mol. The Bertz CT molecular complexity index is 979. The number of hydrogen-bond donors (Lipinski definition) is 1. The molecular weight excluding hydrogens is 408 g/mol. The lowest BCUT2D eigenvalue weighted by Crippen LogP contribution is -2.46. The average molecular weight is 433 g/mol. The predicted octanol–water partition coefficient (Wildman–Crippen LogP) is 3.96. The number of nitrogens with one attached hydrogen (secondary N) is 1. The number of imidazole rings is 1. The van der Waals surface area contributed by atoms with Crippen molar-refractivity contribution in [3.8, 4) is 11.5 Å². The highest BCUT2D eigenvalue weighted by atomic mass is 35.5. The van der Waals surface area contributed by atoms with Crippen LogP contribution in [0.15, 0.2) is 47.5 Å². The highest BCUT2D eigenvalue weighted by molar-refractivity contribution is 6.30. The maximum atomic E-state index is 12.7. The molecule has 1 unspecified atom stereocenters. The van der Waals surface area contributed by atoms with Crippen molar-refractivity contribution in [2.24, 2.45) is 5.41 Å². The fraction of sp³-hybridized carbons (Fsp3) is 0.381. The van der Waals surface area contributed by atoms with Crippen molar-refractivity contribution in [3.05, 3.63) is 59.5 Å². The summed E-state index contributed by atoms with van der Waals surface area (Å²) < 4.78 is 18.1. The minimum atomic E-state index is -0.311. The lowest BCUT2D eigenvalue weighted by molar-refractivity contribution is 0.0883. The second-order valence-electron chi connectivity index (χ2n) is 7.91. The molecule has 2 aromatic heterocycles. The third-order valence-electron chi connectivity index (χ3n) is 4.59. The van der Waals surface area contributed by atoms with E-state index in [1.54, 1.807) is 36.8 Å². The molecule has 3 aromatic rings. The average Bonchev–Trinajstić information content (AvgIpc) is 3.37. The minimum Gasteiger partial charge on any atom is -0.493 e. The summed E-state index contributed by atoms with van der Waals surface area (Å²) in [4.78, 5) is 16.8. The molecule has 0 aliphatic carbocycles. The van der Waals surface area contributed by atoms with Crippen molar-refractivity contribution in [2.75, 3.05) is 7.11 Å². The van der Waals surface area contributed by atoms with E-state index < -0.39 is 0 Å². The van der Waals surface area contributed by atoms with Gasteiger partial charge in [-0.1, -0.05) is 37.5 Å². The fourth-order valence-electron chi connectivity index (χ4n) is 2.77. The van der Waals surface area contributed by atoms with Gasteiger partial charge in [0.15, 0.2) is 23.0 Å². The SMILES string of the molecule is COc1cc(Cl)ccc1OCc1cc(C(=O)NC(Cn2ccnc2)C(C)(C)C)no1. The van der Waals surface area contributed by atoms with Crippen LogP contribution >= 0.6 is 11.6 Å². The van der Waals surface area contributed by atoms with E-state index in [2.05, 4.69) is 36.2 Å². The van der Waals surface area contributed by atoms with Gasteiger partial charge in [-0.3, -0.25) is 4.79 Å². The van der Waals surface area contributed by atoms with Crippen molar-refractivity contribution in [2.45, 2.75) is 40.0 Å². The molecule has 3 rings (SSSR count). The van der Waals surface area contributed by atoms with Crippen LogP contribution in [0.1, 0.15) is 37.0 Å². The van der Waals surface area contributed by atoms with E-state index in [1.165, 1.54) is 7.11 Å². The molecule has 0 radical (unpaired) electrons. The lowest BCUT2D eigenvalue weighted by atomic mass is 9.86. The minimum absolute atomic E-state index is 0.0933. The highest BCUT2D eigenvalue weighted by Gasteiger charge is 2.28. The first-order valence-electron chi connectivity index (χ1n) is 9.45. The summed E-state index contributed by atoms with van der Waals surface area (Å²) in [7, 11) is 1.53. The van der Waals surface area contributed by atoms with E-state index in [0.717, 1.165) is 0 Å². The largest absolute Gasteiger partial charge is 0.493 e. The monoisotopic (exact) mass is 432 g/mol. The van der Waals surface area contributed by atoms with Gasteiger partial charge in [-0.15, -0.1) is 0 Å². The van der Waals surface area contributed by atoms with Gasteiger partial charge in [0.2, 0.25) is 0 Å². The van der Waals surface area contributed by atoms with Crippen molar-refractivity contribution in [1.82, 2.24) is 20.0 Å². The van der Waals surface area contributed by atoms with E-state index >= 15 is 0 Å². The van der Waals surface area contributed by atoms with Crippen molar-refractivity contribution in [3.63, 3.8) is 0 Å². The van der Waals surface area contributed by atoms with Crippen LogP contribution in [0.4, 0.5) is 0 Å². The highest BCUT2D eigenvalue weighted by Crippen LogP contribution is 2.30. The molecule has 0 bridgehead atoms. The first-order chi connectivity index (χ1) is 14.3. The quantitative estimate of drug-likeness (QED) is 0.579. The number of carbonyl (C=O) groups excluding carboxylic acids is 1. The Morgan fingerprint density at radius 3 is 2.77 bits per heavy atom. The number of nitrogens with zero attached hydrogens (tertiary/aromatic N) is 3. The zero-order valence-corrected chi connectivity index (χ0v) is 18.1. The van der Waals surface area contributed by atoms with Gasteiger partial charge < -0.3 is 23.9 Å². The fourth-order valence-corrected chi connectivity index (χ4v) is 2.93. The number of carbonyl (C=O) groups is 1. The van der Waals surface area contributed by atoms with Crippen LogP contribution < -0.4 is 14.8 Å². The molecule has 1 N–H and O–H groups in total. The van der Waals surface area contributed by atoms with Crippen LogP contribution in [0.25, 0.3) is 0 Å². The molecule has 0 saturated heterocycles. The molecule has 160 valence electrons. The Kier molecular flexibility index (Phi) is 6.66. The molecular formula is C21H25ClN4O4. The molecule has 1 atom stereocenters. The second-order valence-corrected chi connectivity index (χ2v) is 8.35. The third-order valence-corrected chi connectivity index (χ3v) is 4.83. The normalized spacial score (nSPS) is 12.4. The van der Waals surface area contributed by atoms with Gasteiger partial charge in [0.1, 0.15) is 6.61 Å². The molecule has 9 heteroatoms. The van der Waals surface area contributed by atoms with Gasteiger partial charge >= 0.3 is 0 Å². The van der Waals surface area contributed by atoms with E-state index in [-0.39, 0.29) is 29.7 Å². The summed E-state index contributed by atoms with van der Waals surface area (Å²) in [5.74, 6) is 1.12. The second kappa shape index (κ2) is 9.21. The third kappa shape index (κ3) is 5.54. The molecule has 1 aromatic carbocycles. The Hall–Kier alpha value is -3.00. The molecule has 0 saturated carbocycles. The molecule has 30 heavy (non-hydrogen) atoms. The number of rotatable bonds is 8. The van der Waals surface area contributed by atoms with Gasteiger partial charge in [-0.2, -0.15) is 0 Å². The summed E-state index contributed by atoms with van der Waals surface area (Å²) in [6.07, 6.45) is 5.30. The first-order valence-corrected chi connectivity index (χ1v) is 9.82. The summed E-state index contributed by atoms with van der Waals surface area (Å²) in [6.45, 7) is 6.89. The van der Waals surface area contributed by atoms with Gasteiger partial charge in [-0.05, 0) is 17.5 Å². The molecule has 0 spiro atoms. The first kappa shape index (κ1) is 21.7. The number of methoxy groups -OCH3 is 1. The van der Waals surface area contributed by atoms with Gasteiger partial charge in [0.25, 0.3) is 5.91 Å². The van der Waals surface area contributed by atoms with E-state index in [1.807, 2.05) is 10.8 Å². The van der Waals surface area contributed by atoms with Crippen LogP contribution in [0.3, 0.4) is 0 Å². The maximum absolute atomic E-state index is 12.7. The summed E-state index contributed by atoms with van der Waals surface area (Å²) in [6, 6.07) is 6.49. The van der Waals surface area contributed by atoms with Gasteiger partial charge in [0, 0.05) is 36.1 Å². The van der Waals surface area contributed by atoms with E-state index in [0.29, 0.717) is 28.8 Å². The number of benzene rings is 1. The molecule has 1 amide bonds. The Balaban J connectivity index is 1.63. The number of hydrogen-bond acceptors (Lipinski definition) is 6. The number of aromatic nitrogens is 3. The van der Waals surface area contributed by atoms with Crippen molar-refractivity contribution in [1.29, 1.82) is 0 Å². The standard InChI is InChI=1S/C21H25ClN4O4/c1-21(2,3)19(11-26-8-7-23-13-26)24-20(27)16-10-15(30-25-16)12-29-17-6-5-14(22)9-18(17)28-4/h5-10,13,19H,11-12H2,1-4H3,(H,24,27). The smallest absolute Gasteiger partial charge is 0.273 e. The van der Waals surface area contributed by atoms with Crippen LogP contribution in [0.2, 0.25) is 5.02 Å². The molecule has 2 heterocycles. The zero-order chi connectivity index (χ0) is 21.7. The number of amides is 1. The summed E-state index contributed by atoms with van der Waals surface area (Å²) in [5, 5.41) is 7.46. The lowest BCUT2D eigenvalue weighted by Gasteiger charge is -2.31. The van der Waals surface area contributed by atoms with E-state index in [4.69, 9.17) is 25.6 Å². The van der Waals surface area contributed by atoms with Gasteiger partial charge in [0.05, 0.1) is 19.5 Å². The molecule has 0 aliphatic rings. The van der Waals surface area contributed by atoms with Crippen LogP contribution in [-0.4, -0.2) is 33.8 Å². The number of ether oxygens (including phenoxy) is 2. The Morgan fingerprint density at radius 2 is 2.10 bits per heavy atom. The Morgan fingerprint density at radius 1 is 1.30 bits per heavy atom. The molecule has 0 aliphatic heterocycles. The van der Waals surface area contributed by atoms with E-state index in [9.17, 15) is 4.79 Å². The van der Waals surface area contributed by atoms with Crippen LogP contribution in [0, 0.1) is 5.41 Å². The van der Waals surface area contributed by atoms with Crippen LogP contribution in [0.5, 0.6) is 11.5 Å². The van der Waals surface area contributed by atoms with Gasteiger partial charge in [-0.25, -0.2) is 4.98 Å². The Labute approximate surface area is 180 Å². The maximum Gasteiger partial charge on any atom is 0.273 e. The zero-order valence-electron chi connectivity index (χ0n) is 17.4. The van der Waals surface area contributed by atoms with Crippen molar-refractivity contribution < 1.29 is 18.8 Å². The summed E-state index contributed by atoms with van der Waals surface area (Å²) in [5.41, 5.74) is 0.0253. The molecule has 0 fully saturated rings. The number of halogens is 1.